The topological polar surface area (TPSA) is 55.7 Å². The molecule has 1 aromatic heterocycles. The maximum Gasteiger partial charge on any atom is 0.137 e. The molecule has 0 radical (unpaired) electrons. The van der Waals surface area contributed by atoms with Crippen molar-refractivity contribution in [3.05, 3.63) is 46.5 Å². The normalized spacial score (nSPS) is 23.9. The fourth-order valence-corrected chi connectivity index (χ4v) is 5.20. The molecule has 7 nitrogen and oxygen atoms in total. The lowest BCUT2D eigenvalue weighted by atomic mass is 9.91. The zero-order valence-electron chi connectivity index (χ0n) is 19.9. The largest absolute Gasteiger partial charge is 0.370 e. The molecule has 9 heteroatoms. The maximum atomic E-state index is 6.52. The van der Waals surface area contributed by atoms with Gasteiger partial charge < -0.3 is 9.47 Å². The molecule has 0 N–H and O–H groups in total. The second-order valence-electron chi connectivity index (χ2n) is 9.20. The van der Waals surface area contributed by atoms with Gasteiger partial charge in [-0.3, -0.25) is 14.5 Å². The summed E-state index contributed by atoms with van der Waals surface area (Å²) in [5, 5.41) is 5.52. The van der Waals surface area contributed by atoms with Gasteiger partial charge in [-0.25, -0.2) is 4.98 Å². The van der Waals surface area contributed by atoms with E-state index in [4.69, 9.17) is 32.7 Å². The van der Waals surface area contributed by atoms with Crippen molar-refractivity contribution >= 4 is 23.2 Å². The number of hydrogen-bond acceptors (Lipinski definition) is 6. The molecule has 2 fully saturated rings. The van der Waals surface area contributed by atoms with Crippen LogP contribution in [0.25, 0.3) is 0 Å². The Hall–Kier alpha value is -1.66. The molecule has 184 valence electrons. The van der Waals surface area contributed by atoms with Gasteiger partial charge in [-0.05, 0) is 38.0 Å². The summed E-state index contributed by atoms with van der Waals surface area (Å²) in [5.41, 5.74) is 1.04. The number of aromatic nitrogens is 3. The third-order valence-electron chi connectivity index (χ3n) is 6.57. The van der Waals surface area contributed by atoms with Gasteiger partial charge in [-0.1, -0.05) is 41.1 Å². The minimum Gasteiger partial charge on any atom is -0.370 e. The van der Waals surface area contributed by atoms with Gasteiger partial charge in [0.05, 0.1) is 31.9 Å². The van der Waals surface area contributed by atoms with Crippen LogP contribution in [0.3, 0.4) is 0 Å². The molecule has 3 heterocycles. The number of rotatable bonds is 8. The molecule has 2 aliphatic rings. The van der Waals surface area contributed by atoms with E-state index in [0.717, 1.165) is 44.7 Å². The van der Waals surface area contributed by atoms with Crippen LogP contribution >= 0.6 is 23.2 Å². The van der Waals surface area contributed by atoms with Crippen LogP contribution in [-0.4, -0.2) is 88.8 Å². The first kappa shape index (κ1) is 25.4. The lowest BCUT2D eigenvalue weighted by Gasteiger charge is -2.36. The van der Waals surface area contributed by atoms with Crippen LogP contribution in [0.5, 0.6) is 0 Å². The fourth-order valence-electron chi connectivity index (χ4n) is 4.65. The molecule has 0 spiro atoms. The number of ether oxygens (including phenoxy) is 2. The molecule has 0 bridgehead atoms. The summed E-state index contributed by atoms with van der Waals surface area (Å²) in [5.74, 6) is 6.53. The molecule has 3 atom stereocenters. The molecular weight excluding hydrogens is 473 g/mol. The first-order valence-electron chi connectivity index (χ1n) is 11.9. The smallest absolute Gasteiger partial charge is 0.137 e. The number of piperazine rings is 1. The van der Waals surface area contributed by atoms with Crippen LogP contribution in [0.4, 0.5) is 0 Å². The summed E-state index contributed by atoms with van der Waals surface area (Å²) in [7, 11) is 0. The summed E-state index contributed by atoms with van der Waals surface area (Å²) in [6, 6.07) is 6.26. The van der Waals surface area contributed by atoms with Crippen molar-refractivity contribution in [2.75, 3.05) is 45.9 Å². The molecule has 0 saturated carbocycles. The van der Waals surface area contributed by atoms with Crippen LogP contribution in [-0.2, 0) is 16.0 Å². The monoisotopic (exact) mass is 505 g/mol. The zero-order valence-corrected chi connectivity index (χ0v) is 21.4. The molecule has 34 heavy (non-hydrogen) atoms. The van der Waals surface area contributed by atoms with Crippen molar-refractivity contribution in [3.63, 3.8) is 0 Å². The van der Waals surface area contributed by atoms with Crippen LogP contribution in [0.2, 0.25) is 10.0 Å². The average Bonchev–Trinajstić information content (AvgIpc) is 3.47. The van der Waals surface area contributed by atoms with E-state index in [1.165, 1.54) is 6.33 Å². The molecule has 2 aromatic rings. The summed E-state index contributed by atoms with van der Waals surface area (Å²) in [6.07, 6.45) is 3.93. The zero-order chi connectivity index (χ0) is 23.9. The van der Waals surface area contributed by atoms with Gasteiger partial charge in [0.25, 0.3) is 0 Å². The van der Waals surface area contributed by atoms with E-state index in [1.807, 2.05) is 12.1 Å². The van der Waals surface area contributed by atoms with Crippen molar-refractivity contribution in [3.8, 4) is 11.8 Å². The van der Waals surface area contributed by atoms with E-state index in [0.29, 0.717) is 35.8 Å². The van der Waals surface area contributed by atoms with Gasteiger partial charge >= 0.3 is 0 Å². The molecule has 0 aliphatic carbocycles. The lowest BCUT2D eigenvalue weighted by molar-refractivity contribution is -0.0161. The van der Waals surface area contributed by atoms with Crippen molar-refractivity contribution in [1.82, 2.24) is 24.6 Å². The van der Waals surface area contributed by atoms with Crippen LogP contribution in [0.15, 0.2) is 30.9 Å². The summed E-state index contributed by atoms with van der Waals surface area (Å²) in [6.45, 7) is 11.2. The second-order valence-corrected chi connectivity index (χ2v) is 10.0. The number of benzene rings is 1. The van der Waals surface area contributed by atoms with E-state index >= 15 is 0 Å². The van der Waals surface area contributed by atoms with Crippen molar-refractivity contribution in [1.29, 1.82) is 0 Å². The molecule has 3 unspecified atom stereocenters. The highest BCUT2D eigenvalue weighted by atomic mass is 35.5. The molecule has 2 aliphatic heterocycles. The summed E-state index contributed by atoms with van der Waals surface area (Å²) >= 11 is 12.6. The fraction of sp³-hybridized carbons (Fsp3) is 0.600. The van der Waals surface area contributed by atoms with Gasteiger partial charge in [0.1, 0.15) is 19.3 Å². The minimum atomic E-state index is -0.0791. The molecule has 0 amide bonds. The standard InChI is InChI=1S/C25H33Cl2N5O2/c1-19(2)31-10-8-30(9-11-31)7-3-4-12-33-16-21-14-23(22-6-5-20(26)13-24(22)27)25(34-21)15-32-18-28-17-29-32/h5-6,13,17-19,21,23,25H,7-12,14-16H2,1-2H3. The first-order valence-corrected chi connectivity index (χ1v) is 12.7. The third-order valence-corrected chi connectivity index (χ3v) is 7.13. The van der Waals surface area contributed by atoms with Gasteiger partial charge in [-0.15, -0.1) is 0 Å². The second kappa shape index (κ2) is 12.3. The molecule has 2 saturated heterocycles. The first-order chi connectivity index (χ1) is 16.5. The Morgan fingerprint density at radius 3 is 2.71 bits per heavy atom. The van der Waals surface area contributed by atoms with Crippen LogP contribution < -0.4 is 0 Å². The molecular formula is C25H33Cl2N5O2. The Balaban J connectivity index is 1.25. The average molecular weight is 506 g/mol. The van der Waals surface area contributed by atoms with Crippen molar-refractivity contribution < 1.29 is 9.47 Å². The van der Waals surface area contributed by atoms with Crippen LogP contribution in [0, 0.1) is 11.8 Å². The summed E-state index contributed by atoms with van der Waals surface area (Å²) in [4.78, 5) is 8.95. The Labute approximate surface area is 212 Å². The Morgan fingerprint density at radius 2 is 2.00 bits per heavy atom. The minimum absolute atomic E-state index is 0.0313. The molecule has 1 aromatic carbocycles. The molecule has 4 rings (SSSR count). The predicted molar refractivity (Wildman–Crippen MR) is 134 cm³/mol. The van der Waals surface area contributed by atoms with Gasteiger partial charge in [0, 0.05) is 48.2 Å². The Bertz CT molecular complexity index is 967. The maximum absolute atomic E-state index is 6.52. The van der Waals surface area contributed by atoms with Crippen molar-refractivity contribution in [2.45, 2.75) is 51.0 Å². The highest BCUT2D eigenvalue weighted by Gasteiger charge is 2.37. The summed E-state index contributed by atoms with van der Waals surface area (Å²) < 4.78 is 14.0. The number of nitrogens with zero attached hydrogens (tertiary/aromatic N) is 5. The lowest BCUT2D eigenvalue weighted by Crippen LogP contribution is -2.48. The van der Waals surface area contributed by atoms with E-state index in [2.05, 4.69) is 45.6 Å². The quantitative estimate of drug-likeness (QED) is 0.403. The SMILES string of the molecule is CC(C)N1CCN(CC#CCOCC2CC(c3ccc(Cl)cc3Cl)C(Cn3cncn3)O2)CC1. The Morgan fingerprint density at radius 1 is 1.18 bits per heavy atom. The Kier molecular flexibility index (Phi) is 9.24. The van der Waals surface area contributed by atoms with E-state index < -0.39 is 0 Å². The number of halogens is 2. The van der Waals surface area contributed by atoms with Gasteiger partial charge in [-0.2, -0.15) is 5.10 Å². The van der Waals surface area contributed by atoms with E-state index in [1.54, 1.807) is 17.1 Å². The number of hydrogen-bond donors (Lipinski definition) is 0. The van der Waals surface area contributed by atoms with Gasteiger partial charge in [0.15, 0.2) is 0 Å². The third kappa shape index (κ3) is 6.94. The highest BCUT2D eigenvalue weighted by Crippen LogP contribution is 2.40. The van der Waals surface area contributed by atoms with Gasteiger partial charge in [0.2, 0.25) is 0 Å². The van der Waals surface area contributed by atoms with Crippen LogP contribution in [0.1, 0.15) is 31.7 Å². The van der Waals surface area contributed by atoms with Crippen molar-refractivity contribution in [2.24, 2.45) is 0 Å². The van der Waals surface area contributed by atoms with E-state index in [9.17, 15) is 0 Å². The highest BCUT2D eigenvalue weighted by molar-refractivity contribution is 6.35. The van der Waals surface area contributed by atoms with E-state index in [-0.39, 0.29) is 18.1 Å². The predicted octanol–water partition coefficient (Wildman–Crippen LogP) is 3.57.